The van der Waals surface area contributed by atoms with Gasteiger partial charge in [0, 0.05) is 0 Å². The van der Waals surface area contributed by atoms with Gasteiger partial charge >= 0.3 is 6.18 Å². The summed E-state index contributed by atoms with van der Waals surface area (Å²) in [6.45, 7) is -0.142. The summed E-state index contributed by atoms with van der Waals surface area (Å²) in [5.74, 6) is 0.294. The zero-order valence-corrected chi connectivity index (χ0v) is 8.08. The Hall–Kier alpha value is -1.23. The summed E-state index contributed by atoms with van der Waals surface area (Å²) in [7, 11) is 0. The molecule has 0 amide bonds. The van der Waals surface area contributed by atoms with Crippen LogP contribution in [0.2, 0.25) is 0 Å². The van der Waals surface area contributed by atoms with Gasteiger partial charge in [-0.3, -0.25) is 0 Å². The highest BCUT2D eigenvalue weighted by molar-refractivity contribution is 5.21. The molecule has 1 atom stereocenters. The average Bonchev–Trinajstić information content (AvgIpc) is 2.15. The summed E-state index contributed by atoms with van der Waals surface area (Å²) in [6, 6.07) is 8.03. The number of alkyl halides is 3. The van der Waals surface area contributed by atoms with E-state index in [-0.39, 0.29) is 0 Å². The summed E-state index contributed by atoms with van der Waals surface area (Å²) in [5, 5.41) is 9.06. The van der Waals surface area contributed by atoms with Crippen LogP contribution in [0.25, 0.3) is 0 Å². The second-order valence-corrected chi connectivity index (χ2v) is 3.37. The van der Waals surface area contributed by atoms with Crippen molar-refractivity contribution in [1.29, 1.82) is 0 Å². The maximum atomic E-state index is 12.2. The fourth-order valence-electron chi connectivity index (χ4n) is 0.822. The van der Waals surface area contributed by atoms with Crippen molar-refractivity contribution in [2.75, 3.05) is 6.61 Å². The first kappa shape index (κ1) is 11.8. The van der Waals surface area contributed by atoms with Gasteiger partial charge < -0.3 is 9.84 Å². The summed E-state index contributed by atoms with van der Waals surface area (Å²) >= 11 is 0. The molecule has 0 saturated carbocycles. The molecule has 0 saturated heterocycles. The highest BCUT2D eigenvalue weighted by Crippen LogP contribution is 2.30. The van der Waals surface area contributed by atoms with Crippen molar-refractivity contribution in [2.45, 2.75) is 18.7 Å². The molecule has 0 aliphatic rings. The van der Waals surface area contributed by atoms with E-state index in [4.69, 9.17) is 9.84 Å². The first-order chi connectivity index (χ1) is 6.83. The molecule has 0 spiro atoms. The Labute approximate surface area is 85.3 Å². The number of benzene rings is 1. The zero-order chi connectivity index (χ0) is 11.5. The average molecular weight is 220 g/mol. The van der Waals surface area contributed by atoms with Crippen LogP contribution < -0.4 is 4.74 Å². The van der Waals surface area contributed by atoms with Crippen LogP contribution >= 0.6 is 0 Å². The summed E-state index contributed by atoms with van der Waals surface area (Å²) < 4.78 is 41.4. The number of hydrogen-bond donors (Lipinski definition) is 1. The smallest absolute Gasteiger partial charge is 0.420 e. The Kier molecular flexibility index (Phi) is 3.24. The Morgan fingerprint density at radius 1 is 1.20 bits per heavy atom. The summed E-state index contributed by atoms with van der Waals surface area (Å²) in [5.41, 5.74) is -2.83. The molecule has 0 fully saturated rings. The Morgan fingerprint density at radius 3 is 2.20 bits per heavy atom. The molecule has 1 unspecified atom stereocenters. The van der Waals surface area contributed by atoms with E-state index in [0.717, 1.165) is 0 Å². The maximum absolute atomic E-state index is 12.2. The van der Waals surface area contributed by atoms with E-state index in [0.29, 0.717) is 12.7 Å². The largest absolute Gasteiger partial charge is 0.490 e. The van der Waals surface area contributed by atoms with Crippen LogP contribution in [0.1, 0.15) is 6.92 Å². The second-order valence-electron chi connectivity index (χ2n) is 3.37. The monoisotopic (exact) mass is 220 g/mol. The van der Waals surface area contributed by atoms with Gasteiger partial charge in [0.2, 0.25) is 0 Å². The van der Waals surface area contributed by atoms with E-state index in [2.05, 4.69) is 0 Å². The molecular weight excluding hydrogens is 209 g/mol. The lowest BCUT2D eigenvalue weighted by Gasteiger charge is -2.25. The Bertz CT molecular complexity index is 306. The molecule has 1 aromatic carbocycles. The van der Waals surface area contributed by atoms with E-state index in [1.54, 1.807) is 18.2 Å². The Morgan fingerprint density at radius 2 is 1.73 bits per heavy atom. The minimum atomic E-state index is -4.69. The van der Waals surface area contributed by atoms with Gasteiger partial charge in [-0.1, -0.05) is 18.2 Å². The molecule has 0 heterocycles. The molecule has 0 bridgehead atoms. The first-order valence-electron chi connectivity index (χ1n) is 4.30. The van der Waals surface area contributed by atoms with E-state index >= 15 is 0 Å². The van der Waals surface area contributed by atoms with Crippen molar-refractivity contribution in [3.05, 3.63) is 30.3 Å². The third-order valence-corrected chi connectivity index (χ3v) is 1.87. The lowest BCUT2D eigenvalue weighted by atomic mass is 10.1. The van der Waals surface area contributed by atoms with Crippen LogP contribution in [0.15, 0.2) is 30.3 Å². The van der Waals surface area contributed by atoms with Crippen molar-refractivity contribution in [3.8, 4) is 5.75 Å². The van der Waals surface area contributed by atoms with Crippen LogP contribution in [0.4, 0.5) is 13.2 Å². The van der Waals surface area contributed by atoms with Crippen molar-refractivity contribution >= 4 is 0 Å². The van der Waals surface area contributed by atoms with Crippen molar-refractivity contribution < 1.29 is 23.0 Å². The molecule has 1 N–H and O–H groups in total. The van der Waals surface area contributed by atoms with Gasteiger partial charge in [-0.2, -0.15) is 13.2 Å². The highest BCUT2D eigenvalue weighted by atomic mass is 19.4. The molecule has 5 heteroatoms. The fourth-order valence-corrected chi connectivity index (χ4v) is 0.822. The number of para-hydroxylation sites is 1. The molecule has 1 rings (SSSR count). The van der Waals surface area contributed by atoms with Gasteiger partial charge in [-0.15, -0.1) is 0 Å². The number of ether oxygens (including phenoxy) is 1. The number of hydrogen-bond acceptors (Lipinski definition) is 2. The van der Waals surface area contributed by atoms with E-state index in [1.165, 1.54) is 12.1 Å². The minimum Gasteiger partial charge on any atom is -0.490 e. The predicted octanol–water partition coefficient (Wildman–Crippen LogP) is 2.38. The molecule has 1 aromatic rings. The second kappa shape index (κ2) is 4.10. The molecule has 15 heavy (non-hydrogen) atoms. The van der Waals surface area contributed by atoms with Crippen molar-refractivity contribution in [3.63, 3.8) is 0 Å². The molecule has 0 aliphatic carbocycles. The maximum Gasteiger partial charge on any atom is 0.420 e. The molecule has 84 valence electrons. The summed E-state index contributed by atoms with van der Waals surface area (Å²) in [6.07, 6.45) is -4.69. The quantitative estimate of drug-likeness (QED) is 0.847. The number of aliphatic hydroxyl groups is 1. The van der Waals surface area contributed by atoms with Gasteiger partial charge in [-0.05, 0) is 19.1 Å². The minimum absolute atomic E-state index is 0.294. The highest BCUT2D eigenvalue weighted by Gasteiger charge is 2.50. The zero-order valence-electron chi connectivity index (χ0n) is 8.08. The molecule has 0 aromatic heterocycles. The summed E-state index contributed by atoms with van der Waals surface area (Å²) in [4.78, 5) is 0. The van der Waals surface area contributed by atoms with Crippen LogP contribution in [0.3, 0.4) is 0 Å². The molecule has 0 aliphatic heterocycles. The number of rotatable bonds is 3. The topological polar surface area (TPSA) is 29.5 Å². The normalized spacial score (nSPS) is 15.8. The van der Waals surface area contributed by atoms with Gasteiger partial charge in [0.05, 0.1) is 0 Å². The lowest BCUT2D eigenvalue weighted by Crippen LogP contribution is -2.47. The van der Waals surface area contributed by atoms with Crippen molar-refractivity contribution in [2.24, 2.45) is 0 Å². The number of halogens is 3. The Balaban J connectivity index is 2.58. The van der Waals surface area contributed by atoms with Crippen LogP contribution in [-0.2, 0) is 0 Å². The third-order valence-electron chi connectivity index (χ3n) is 1.87. The van der Waals surface area contributed by atoms with Gasteiger partial charge in [0.1, 0.15) is 12.4 Å². The predicted molar refractivity (Wildman–Crippen MR) is 48.6 cm³/mol. The van der Waals surface area contributed by atoms with E-state index < -0.39 is 18.4 Å². The van der Waals surface area contributed by atoms with Crippen LogP contribution in [-0.4, -0.2) is 23.5 Å². The molecule has 2 nitrogen and oxygen atoms in total. The van der Waals surface area contributed by atoms with E-state index in [1.807, 2.05) is 0 Å². The molecule has 0 radical (unpaired) electrons. The standard InChI is InChI=1S/C10H11F3O2/c1-9(14,10(11,12)13)7-15-8-5-3-2-4-6-8/h2-6,14H,7H2,1H3. The SMILES string of the molecule is CC(O)(COc1ccccc1)C(F)(F)F. The lowest BCUT2D eigenvalue weighted by molar-refractivity contribution is -0.260. The van der Waals surface area contributed by atoms with Gasteiger partial charge in [0.25, 0.3) is 0 Å². The van der Waals surface area contributed by atoms with Gasteiger partial charge in [0.15, 0.2) is 5.60 Å². The van der Waals surface area contributed by atoms with Crippen LogP contribution in [0, 0.1) is 0 Å². The third kappa shape index (κ3) is 3.13. The van der Waals surface area contributed by atoms with E-state index in [9.17, 15) is 13.2 Å². The van der Waals surface area contributed by atoms with Crippen molar-refractivity contribution in [1.82, 2.24) is 0 Å². The molecular formula is C10H11F3O2. The fraction of sp³-hybridized carbons (Fsp3) is 0.400. The first-order valence-corrected chi connectivity index (χ1v) is 4.30. The van der Waals surface area contributed by atoms with Crippen LogP contribution in [0.5, 0.6) is 5.75 Å². The van der Waals surface area contributed by atoms with Gasteiger partial charge in [-0.25, -0.2) is 0 Å².